The second-order valence-corrected chi connectivity index (χ2v) is 6.72. The first-order valence-corrected chi connectivity index (χ1v) is 8.52. The van der Waals surface area contributed by atoms with Crippen LogP contribution in [0.25, 0.3) is 0 Å². The van der Waals surface area contributed by atoms with Gasteiger partial charge in [-0.1, -0.05) is 36.4 Å². The lowest BCUT2D eigenvalue weighted by atomic mass is 10.2. The summed E-state index contributed by atoms with van der Waals surface area (Å²) in [7, 11) is 4.08. The van der Waals surface area contributed by atoms with Gasteiger partial charge >= 0.3 is 0 Å². The van der Waals surface area contributed by atoms with Crippen LogP contribution in [0.1, 0.15) is 16.9 Å². The Hall–Kier alpha value is -1.65. The Morgan fingerprint density at radius 2 is 1.82 bits per heavy atom. The maximum Gasteiger partial charge on any atom is 0.223 e. The average molecular weight is 316 g/mol. The van der Waals surface area contributed by atoms with Gasteiger partial charge in [-0.15, -0.1) is 11.3 Å². The van der Waals surface area contributed by atoms with E-state index in [1.807, 2.05) is 43.3 Å². The van der Waals surface area contributed by atoms with Gasteiger partial charge in [-0.2, -0.15) is 0 Å². The zero-order valence-electron chi connectivity index (χ0n) is 13.4. The van der Waals surface area contributed by atoms with Gasteiger partial charge in [0, 0.05) is 30.9 Å². The van der Waals surface area contributed by atoms with Crippen molar-refractivity contribution >= 4 is 17.2 Å². The van der Waals surface area contributed by atoms with Crippen LogP contribution in [-0.2, 0) is 17.8 Å². The number of benzene rings is 1. The van der Waals surface area contributed by atoms with Crippen molar-refractivity contribution in [3.8, 4) is 0 Å². The molecule has 1 heterocycles. The summed E-state index contributed by atoms with van der Waals surface area (Å²) in [6.07, 6.45) is 1.42. The third-order valence-electron chi connectivity index (χ3n) is 3.55. The van der Waals surface area contributed by atoms with Crippen molar-refractivity contribution in [2.45, 2.75) is 19.4 Å². The highest BCUT2D eigenvalue weighted by Crippen LogP contribution is 2.13. The number of nitrogens with zero attached hydrogens (tertiary/aromatic N) is 2. The minimum Gasteiger partial charge on any atom is -0.337 e. The van der Waals surface area contributed by atoms with Gasteiger partial charge in [0.05, 0.1) is 0 Å². The quantitative estimate of drug-likeness (QED) is 0.746. The molecule has 22 heavy (non-hydrogen) atoms. The molecule has 1 aromatic carbocycles. The van der Waals surface area contributed by atoms with Crippen LogP contribution in [0.15, 0.2) is 47.8 Å². The molecule has 2 aromatic rings. The van der Waals surface area contributed by atoms with Crippen LogP contribution in [0.3, 0.4) is 0 Å². The molecular formula is C18H24N2OS. The molecule has 2 rings (SSSR count). The molecule has 0 unspecified atom stereocenters. The predicted molar refractivity (Wildman–Crippen MR) is 93.1 cm³/mol. The molecule has 0 N–H and O–H groups in total. The lowest BCUT2D eigenvalue weighted by Gasteiger charge is -2.24. The Kier molecular flexibility index (Phi) is 6.62. The monoisotopic (exact) mass is 316 g/mol. The highest BCUT2D eigenvalue weighted by Gasteiger charge is 2.14. The third-order valence-corrected chi connectivity index (χ3v) is 4.49. The first-order chi connectivity index (χ1) is 10.6. The van der Waals surface area contributed by atoms with Crippen LogP contribution in [0.4, 0.5) is 0 Å². The summed E-state index contributed by atoms with van der Waals surface area (Å²) >= 11 is 1.72. The minimum atomic E-state index is 0.235. The van der Waals surface area contributed by atoms with Gasteiger partial charge in [0.1, 0.15) is 0 Å². The SMILES string of the molecule is CN(C)CCN(Cc1ccccc1)C(=O)CCc1cccs1. The number of carbonyl (C=O) groups is 1. The van der Waals surface area contributed by atoms with Gasteiger partial charge in [0.2, 0.25) is 5.91 Å². The first kappa shape index (κ1) is 16.7. The summed E-state index contributed by atoms with van der Waals surface area (Å²) in [6.45, 7) is 2.35. The minimum absolute atomic E-state index is 0.235. The number of carbonyl (C=O) groups excluding carboxylic acids is 1. The predicted octanol–water partition coefficient (Wildman–Crippen LogP) is 3.27. The molecule has 0 aliphatic heterocycles. The van der Waals surface area contributed by atoms with Gasteiger partial charge in [0.15, 0.2) is 0 Å². The van der Waals surface area contributed by atoms with Crippen molar-refractivity contribution in [3.63, 3.8) is 0 Å². The van der Waals surface area contributed by atoms with Crippen LogP contribution in [0.5, 0.6) is 0 Å². The summed E-state index contributed by atoms with van der Waals surface area (Å²) in [5, 5.41) is 2.06. The van der Waals surface area contributed by atoms with Gasteiger partial charge < -0.3 is 9.80 Å². The van der Waals surface area contributed by atoms with Gasteiger partial charge in [-0.05, 0) is 37.5 Å². The van der Waals surface area contributed by atoms with E-state index in [4.69, 9.17) is 0 Å². The topological polar surface area (TPSA) is 23.6 Å². The maximum atomic E-state index is 12.6. The fourth-order valence-corrected chi connectivity index (χ4v) is 2.97. The molecule has 1 aromatic heterocycles. The molecular weight excluding hydrogens is 292 g/mol. The second-order valence-electron chi connectivity index (χ2n) is 5.68. The van der Waals surface area contributed by atoms with Crippen molar-refractivity contribution in [1.82, 2.24) is 9.80 Å². The van der Waals surface area contributed by atoms with Crippen LogP contribution in [0.2, 0.25) is 0 Å². The Bertz CT molecular complexity index is 552. The van der Waals surface area contributed by atoms with E-state index in [2.05, 4.69) is 28.5 Å². The maximum absolute atomic E-state index is 12.6. The van der Waals surface area contributed by atoms with Gasteiger partial charge in [-0.25, -0.2) is 0 Å². The van der Waals surface area contributed by atoms with Crippen LogP contribution < -0.4 is 0 Å². The number of likely N-dealkylation sites (N-methyl/N-ethyl adjacent to an activating group) is 1. The molecule has 0 aliphatic carbocycles. The molecule has 0 saturated carbocycles. The molecule has 118 valence electrons. The van der Waals surface area contributed by atoms with Crippen molar-refractivity contribution in [2.24, 2.45) is 0 Å². The van der Waals surface area contributed by atoms with Crippen molar-refractivity contribution in [1.29, 1.82) is 0 Å². The Morgan fingerprint density at radius 3 is 2.45 bits per heavy atom. The molecule has 0 spiro atoms. The molecule has 0 atom stereocenters. The smallest absolute Gasteiger partial charge is 0.223 e. The molecule has 0 fully saturated rings. The number of thiophene rings is 1. The fraction of sp³-hybridized carbons (Fsp3) is 0.389. The summed E-state index contributed by atoms with van der Waals surface area (Å²) in [5.41, 5.74) is 1.19. The number of hydrogen-bond donors (Lipinski definition) is 0. The van der Waals surface area contributed by atoms with Crippen molar-refractivity contribution in [3.05, 3.63) is 58.3 Å². The number of aryl methyl sites for hydroxylation is 1. The largest absolute Gasteiger partial charge is 0.337 e. The van der Waals surface area contributed by atoms with Gasteiger partial charge in [0.25, 0.3) is 0 Å². The molecule has 0 radical (unpaired) electrons. The molecule has 4 heteroatoms. The van der Waals surface area contributed by atoms with E-state index < -0.39 is 0 Å². The van der Waals surface area contributed by atoms with E-state index in [1.54, 1.807) is 11.3 Å². The Morgan fingerprint density at radius 1 is 1.05 bits per heavy atom. The van der Waals surface area contributed by atoms with Crippen molar-refractivity contribution < 1.29 is 4.79 Å². The van der Waals surface area contributed by atoms with Crippen LogP contribution >= 0.6 is 11.3 Å². The summed E-state index contributed by atoms with van der Waals surface area (Å²) in [4.78, 5) is 17.9. The van der Waals surface area contributed by atoms with Crippen molar-refractivity contribution in [2.75, 3.05) is 27.2 Å². The normalized spacial score (nSPS) is 10.9. The number of amides is 1. The highest BCUT2D eigenvalue weighted by atomic mass is 32.1. The molecule has 3 nitrogen and oxygen atoms in total. The molecule has 0 saturated heterocycles. The zero-order valence-corrected chi connectivity index (χ0v) is 14.2. The Balaban J connectivity index is 1.94. The van der Waals surface area contributed by atoms with Gasteiger partial charge in [-0.3, -0.25) is 4.79 Å². The molecule has 0 bridgehead atoms. The third kappa shape index (κ3) is 5.62. The lowest BCUT2D eigenvalue weighted by Crippen LogP contribution is -2.36. The average Bonchev–Trinajstić information content (AvgIpc) is 3.03. The summed E-state index contributed by atoms with van der Waals surface area (Å²) in [5.74, 6) is 0.235. The van der Waals surface area contributed by atoms with Crippen LogP contribution in [0, 0.1) is 0 Å². The van der Waals surface area contributed by atoms with E-state index in [0.717, 1.165) is 19.5 Å². The number of rotatable bonds is 8. The van der Waals surface area contributed by atoms with E-state index >= 15 is 0 Å². The summed E-state index contributed by atoms with van der Waals surface area (Å²) < 4.78 is 0. The lowest BCUT2D eigenvalue weighted by molar-refractivity contribution is -0.131. The van der Waals surface area contributed by atoms with Crippen LogP contribution in [-0.4, -0.2) is 42.9 Å². The fourth-order valence-electron chi connectivity index (χ4n) is 2.26. The second kappa shape index (κ2) is 8.71. The zero-order chi connectivity index (χ0) is 15.8. The van der Waals surface area contributed by atoms with E-state index in [0.29, 0.717) is 13.0 Å². The number of hydrogen-bond acceptors (Lipinski definition) is 3. The Labute approximate surface area is 137 Å². The van der Waals surface area contributed by atoms with E-state index in [9.17, 15) is 4.79 Å². The van der Waals surface area contributed by atoms with E-state index in [-0.39, 0.29) is 5.91 Å². The first-order valence-electron chi connectivity index (χ1n) is 7.64. The molecule has 1 amide bonds. The van der Waals surface area contributed by atoms with E-state index in [1.165, 1.54) is 10.4 Å². The highest BCUT2D eigenvalue weighted by molar-refractivity contribution is 7.09. The standard InChI is InChI=1S/C18H24N2OS/c1-19(2)12-13-20(15-16-7-4-3-5-8-16)18(21)11-10-17-9-6-14-22-17/h3-9,14H,10-13,15H2,1-2H3. The molecule has 0 aliphatic rings. The summed E-state index contributed by atoms with van der Waals surface area (Å²) in [6, 6.07) is 14.3.